The molecule has 17 nitrogen and oxygen atoms in total. The first kappa shape index (κ1) is 43.6. The van der Waals surface area contributed by atoms with E-state index in [-0.39, 0.29) is 37.3 Å². The standard InChI is InChI=1S/C12H17NO4.C8H9NO4.C8H9NO3.C7H9NO2/c1-4-16-10(14)7-9-6-8(3)13-11(9)12(15)17-5-2;1-4-2-5(3-6(10)11)7(9-4)8(12)13;1-5-2-6(3-8(11)12)7(4-10)9-5;1-5-2-6(4-8-5)3-7(9)10/h6,13H,4-5,7H2,1-3H3;2,9H,3H2,1H3,(H,10,11)(H,12,13);2,4,9H,3H2,1H3,(H,11,12);2,4,8H,3H2,1H3,(H,9,10). The lowest BCUT2D eigenvalue weighted by Crippen LogP contribution is -2.12. The number of aryl methyl sites for hydroxylation is 4. The molecule has 52 heavy (non-hydrogen) atoms. The van der Waals surface area contributed by atoms with Crippen LogP contribution in [0.15, 0.2) is 30.5 Å². The molecule has 8 N–H and O–H groups in total. The van der Waals surface area contributed by atoms with Crippen molar-refractivity contribution in [2.24, 2.45) is 0 Å². The van der Waals surface area contributed by atoms with E-state index in [1.807, 2.05) is 19.9 Å². The molecule has 0 radical (unpaired) electrons. The summed E-state index contributed by atoms with van der Waals surface area (Å²) in [5, 5.41) is 34.0. The maximum Gasteiger partial charge on any atom is 0.355 e. The van der Waals surface area contributed by atoms with Crippen LogP contribution in [-0.4, -0.2) is 95.7 Å². The zero-order chi connectivity index (χ0) is 39.5. The second kappa shape index (κ2) is 21.6. The van der Waals surface area contributed by atoms with Gasteiger partial charge in [0.2, 0.25) is 0 Å². The number of nitrogens with one attached hydrogen (secondary N) is 4. The Hall–Kier alpha value is -6.39. The highest BCUT2D eigenvalue weighted by Crippen LogP contribution is 2.14. The fourth-order valence-electron chi connectivity index (χ4n) is 4.61. The molecule has 0 aliphatic rings. The van der Waals surface area contributed by atoms with Crippen molar-refractivity contribution in [3.8, 4) is 0 Å². The van der Waals surface area contributed by atoms with Gasteiger partial charge in [-0.15, -0.1) is 0 Å². The molecule has 17 heteroatoms. The maximum atomic E-state index is 11.6. The van der Waals surface area contributed by atoms with Crippen LogP contribution < -0.4 is 0 Å². The number of aldehydes is 1. The highest BCUT2D eigenvalue weighted by molar-refractivity contribution is 5.91. The van der Waals surface area contributed by atoms with Crippen LogP contribution in [0.4, 0.5) is 0 Å². The van der Waals surface area contributed by atoms with Gasteiger partial charge in [-0.25, -0.2) is 9.59 Å². The van der Waals surface area contributed by atoms with Crippen molar-refractivity contribution >= 4 is 42.1 Å². The van der Waals surface area contributed by atoms with Gasteiger partial charge in [0.05, 0.1) is 44.6 Å². The maximum absolute atomic E-state index is 11.6. The van der Waals surface area contributed by atoms with Gasteiger partial charge in [0.25, 0.3) is 0 Å². The van der Waals surface area contributed by atoms with Gasteiger partial charge in [0.15, 0.2) is 6.29 Å². The predicted octanol–water partition coefficient (Wildman–Crippen LogP) is 3.97. The zero-order valence-corrected chi connectivity index (χ0v) is 29.7. The largest absolute Gasteiger partial charge is 0.481 e. The Balaban J connectivity index is 0.000000353. The van der Waals surface area contributed by atoms with Crippen LogP contribution in [-0.2, 0) is 54.3 Å². The third kappa shape index (κ3) is 15.9. The van der Waals surface area contributed by atoms with Crippen LogP contribution in [0.25, 0.3) is 0 Å². The van der Waals surface area contributed by atoms with Gasteiger partial charge in [0.1, 0.15) is 11.4 Å². The number of aliphatic carboxylic acids is 3. The summed E-state index contributed by atoms with van der Waals surface area (Å²) in [5.74, 6) is -4.70. The van der Waals surface area contributed by atoms with Crippen molar-refractivity contribution in [2.45, 2.75) is 67.2 Å². The van der Waals surface area contributed by atoms with E-state index in [0.29, 0.717) is 53.3 Å². The molecule has 4 rings (SSSR count). The van der Waals surface area contributed by atoms with Crippen molar-refractivity contribution in [3.05, 3.63) is 92.6 Å². The lowest BCUT2D eigenvalue weighted by atomic mass is 10.1. The second-order valence-corrected chi connectivity index (χ2v) is 11.1. The smallest absolute Gasteiger partial charge is 0.355 e. The second-order valence-electron chi connectivity index (χ2n) is 11.1. The lowest BCUT2D eigenvalue weighted by molar-refractivity contribution is -0.142. The summed E-state index contributed by atoms with van der Waals surface area (Å²) in [6.45, 7) is 11.3. The molecule has 0 saturated heterocycles. The molecule has 0 unspecified atom stereocenters. The molecule has 0 aliphatic carbocycles. The van der Waals surface area contributed by atoms with Gasteiger partial charge < -0.3 is 49.8 Å². The van der Waals surface area contributed by atoms with Gasteiger partial charge in [-0.3, -0.25) is 24.0 Å². The Bertz CT molecular complexity index is 1840. The summed E-state index contributed by atoms with van der Waals surface area (Å²) in [7, 11) is 0. The van der Waals surface area contributed by atoms with E-state index in [2.05, 4.69) is 19.9 Å². The third-order valence-corrected chi connectivity index (χ3v) is 6.51. The molecule has 282 valence electrons. The van der Waals surface area contributed by atoms with Crippen LogP contribution >= 0.6 is 0 Å². The zero-order valence-electron chi connectivity index (χ0n) is 29.7. The number of aromatic nitrogens is 4. The van der Waals surface area contributed by atoms with Crippen molar-refractivity contribution in [1.82, 2.24) is 19.9 Å². The fourth-order valence-corrected chi connectivity index (χ4v) is 4.61. The first-order chi connectivity index (χ1) is 24.4. The average molecular weight is 729 g/mol. The Morgan fingerprint density at radius 1 is 0.615 bits per heavy atom. The van der Waals surface area contributed by atoms with Crippen molar-refractivity contribution < 1.29 is 63.5 Å². The predicted molar refractivity (Wildman–Crippen MR) is 185 cm³/mol. The molecule has 4 heterocycles. The number of carbonyl (C=O) groups excluding carboxylic acids is 3. The van der Waals surface area contributed by atoms with Gasteiger partial charge in [-0.05, 0) is 88.1 Å². The topological polar surface area (TPSA) is 282 Å². The van der Waals surface area contributed by atoms with Crippen molar-refractivity contribution in [1.29, 1.82) is 0 Å². The normalized spacial score (nSPS) is 9.88. The molecule has 0 saturated carbocycles. The Morgan fingerprint density at radius 2 is 1.10 bits per heavy atom. The SMILES string of the molecule is CCOC(=O)Cc1cc(C)[nH]c1C(=O)OCC.Cc1cc(CC(=O)O)c(C(=O)O)[nH]1.Cc1cc(CC(=O)O)c(C=O)[nH]1.Cc1cc(CC(=O)O)c[nH]1. The van der Waals surface area contributed by atoms with Gasteiger partial charge in [0, 0.05) is 29.0 Å². The number of ether oxygens (including phenoxy) is 2. The molecule has 4 aromatic heterocycles. The van der Waals surface area contributed by atoms with E-state index >= 15 is 0 Å². The summed E-state index contributed by atoms with van der Waals surface area (Å²) < 4.78 is 9.75. The van der Waals surface area contributed by atoms with Crippen molar-refractivity contribution in [3.63, 3.8) is 0 Å². The molecule has 0 atom stereocenters. The highest BCUT2D eigenvalue weighted by Gasteiger charge is 2.18. The van der Waals surface area contributed by atoms with E-state index in [4.69, 9.17) is 29.9 Å². The molecule has 4 aromatic rings. The summed E-state index contributed by atoms with van der Waals surface area (Å²) in [6, 6.07) is 6.77. The van der Waals surface area contributed by atoms with Crippen LogP contribution in [0.1, 0.15) is 90.3 Å². The van der Waals surface area contributed by atoms with E-state index in [0.717, 1.165) is 22.6 Å². The number of hydrogen-bond acceptors (Lipinski definition) is 9. The minimum atomic E-state index is -1.13. The van der Waals surface area contributed by atoms with E-state index < -0.39 is 29.8 Å². The number of esters is 2. The van der Waals surface area contributed by atoms with E-state index in [9.17, 15) is 33.6 Å². The summed E-state index contributed by atoms with van der Waals surface area (Å²) in [5.41, 5.74) is 6.18. The molecule has 0 bridgehead atoms. The number of carboxylic acid groups (broad SMARTS) is 4. The molecular weight excluding hydrogens is 684 g/mol. The molecular formula is C35H44N4O13. The molecule has 0 spiro atoms. The van der Waals surface area contributed by atoms with Crippen LogP contribution in [0.2, 0.25) is 0 Å². The quantitative estimate of drug-likeness (QED) is 0.0715. The average Bonchev–Trinajstić information content (AvgIpc) is 3.80. The van der Waals surface area contributed by atoms with Gasteiger partial charge in [-0.2, -0.15) is 0 Å². The van der Waals surface area contributed by atoms with E-state index in [1.54, 1.807) is 46.0 Å². The number of rotatable bonds is 13. The molecule has 0 amide bonds. The monoisotopic (exact) mass is 728 g/mol. The minimum Gasteiger partial charge on any atom is -0.481 e. The number of carbonyl (C=O) groups is 7. The van der Waals surface area contributed by atoms with Crippen molar-refractivity contribution in [2.75, 3.05) is 13.2 Å². The lowest BCUT2D eigenvalue weighted by Gasteiger charge is -2.03. The Labute approximate surface area is 298 Å². The Kier molecular flexibility index (Phi) is 18.2. The summed E-state index contributed by atoms with van der Waals surface area (Å²) >= 11 is 0. The summed E-state index contributed by atoms with van der Waals surface area (Å²) in [6.07, 6.45) is 2.13. The summed E-state index contributed by atoms with van der Waals surface area (Å²) in [4.78, 5) is 86.0. The van der Waals surface area contributed by atoms with Crippen LogP contribution in [0.3, 0.4) is 0 Å². The van der Waals surface area contributed by atoms with Crippen LogP contribution in [0, 0.1) is 27.7 Å². The first-order valence-corrected chi connectivity index (χ1v) is 15.8. The molecule has 0 aromatic carbocycles. The number of hydrogen-bond donors (Lipinski definition) is 8. The third-order valence-electron chi connectivity index (χ3n) is 6.51. The van der Waals surface area contributed by atoms with Crippen LogP contribution in [0.5, 0.6) is 0 Å². The minimum absolute atomic E-state index is 0.0418. The highest BCUT2D eigenvalue weighted by atomic mass is 16.5. The van der Waals surface area contributed by atoms with Gasteiger partial charge >= 0.3 is 35.8 Å². The molecule has 0 fully saturated rings. The first-order valence-electron chi connectivity index (χ1n) is 15.8. The van der Waals surface area contributed by atoms with Gasteiger partial charge in [-0.1, -0.05) is 0 Å². The number of aromatic carboxylic acids is 1. The van der Waals surface area contributed by atoms with E-state index in [1.165, 1.54) is 6.07 Å². The number of aromatic amines is 4. The Morgan fingerprint density at radius 3 is 1.56 bits per heavy atom. The fraction of sp³-hybridized carbons (Fsp3) is 0.343. The number of carboxylic acids is 4. The molecule has 0 aliphatic heterocycles. The number of H-pyrrole nitrogens is 4.